The van der Waals surface area contributed by atoms with Gasteiger partial charge in [0.05, 0.1) is 17.2 Å². The molecule has 1 aromatic heterocycles. The summed E-state index contributed by atoms with van der Waals surface area (Å²) in [5.74, 6) is 1.71. The number of thioether (sulfide) groups is 2. The van der Waals surface area contributed by atoms with E-state index in [1.807, 2.05) is 21.3 Å². The number of nitrogens with zero attached hydrogens (tertiary/aromatic N) is 5. The second-order valence-corrected chi connectivity index (χ2v) is 7.36. The Kier molecular flexibility index (Phi) is 4.50. The Bertz CT molecular complexity index is 476. The fourth-order valence-corrected chi connectivity index (χ4v) is 4.54. The van der Waals surface area contributed by atoms with Gasteiger partial charge in [0.15, 0.2) is 0 Å². The average molecular weight is 313 g/mol. The minimum atomic E-state index is 0.212. The van der Waals surface area contributed by atoms with Gasteiger partial charge in [-0.05, 0) is 29.7 Å². The molecule has 1 atom stereocenters. The second kappa shape index (κ2) is 6.34. The van der Waals surface area contributed by atoms with Gasteiger partial charge in [0.2, 0.25) is 11.1 Å². The molecule has 1 saturated heterocycles. The van der Waals surface area contributed by atoms with E-state index in [1.54, 1.807) is 0 Å². The van der Waals surface area contributed by atoms with E-state index < -0.39 is 0 Å². The summed E-state index contributed by atoms with van der Waals surface area (Å²) in [6, 6.07) is 0.456. The van der Waals surface area contributed by atoms with Crippen LogP contribution in [-0.2, 0) is 4.79 Å². The maximum atomic E-state index is 12.3. The van der Waals surface area contributed by atoms with Gasteiger partial charge in [-0.1, -0.05) is 25.1 Å². The van der Waals surface area contributed by atoms with Crippen molar-refractivity contribution in [3.05, 3.63) is 0 Å². The third-order valence-electron chi connectivity index (χ3n) is 3.53. The van der Waals surface area contributed by atoms with Crippen LogP contribution in [0.1, 0.15) is 38.6 Å². The Hall–Kier alpha value is -0.760. The lowest BCUT2D eigenvalue weighted by molar-refractivity contribution is -0.128. The van der Waals surface area contributed by atoms with Crippen LogP contribution in [0.5, 0.6) is 0 Å². The molecular formula is C12H19N5OS2. The van der Waals surface area contributed by atoms with E-state index >= 15 is 0 Å². The van der Waals surface area contributed by atoms with Crippen LogP contribution in [0.3, 0.4) is 0 Å². The number of rotatable bonds is 6. The molecule has 1 aliphatic heterocycles. The van der Waals surface area contributed by atoms with Crippen LogP contribution in [0.4, 0.5) is 0 Å². The fraction of sp³-hybridized carbons (Fsp3) is 0.833. The molecule has 2 heterocycles. The number of hydrogen-bond donors (Lipinski definition) is 0. The van der Waals surface area contributed by atoms with Gasteiger partial charge >= 0.3 is 0 Å². The zero-order valence-electron chi connectivity index (χ0n) is 11.6. The highest BCUT2D eigenvalue weighted by molar-refractivity contribution is 8.00. The highest BCUT2D eigenvalue weighted by Gasteiger charge is 2.30. The molecule has 20 heavy (non-hydrogen) atoms. The summed E-state index contributed by atoms with van der Waals surface area (Å²) in [7, 11) is 0. The van der Waals surface area contributed by atoms with Gasteiger partial charge in [-0.25, -0.2) is 4.68 Å². The van der Waals surface area contributed by atoms with Crippen molar-refractivity contribution in [3.8, 4) is 0 Å². The lowest BCUT2D eigenvalue weighted by Gasteiger charge is -2.23. The number of aromatic nitrogens is 4. The standard InChI is InChI=1S/C12H19N5OS2/c1-2-3-11-16(6-7-19-11)10(18)8-20-12-13-14-15-17(12)9-4-5-9/h9,11H,2-8H2,1H3/t11-/m0/s1. The van der Waals surface area contributed by atoms with Crippen molar-refractivity contribution in [1.82, 2.24) is 25.1 Å². The summed E-state index contributed by atoms with van der Waals surface area (Å²) in [6.07, 6.45) is 4.50. The van der Waals surface area contributed by atoms with Crippen LogP contribution >= 0.6 is 23.5 Å². The molecule has 1 aromatic rings. The van der Waals surface area contributed by atoms with Crippen molar-refractivity contribution in [2.24, 2.45) is 0 Å². The first-order valence-corrected chi connectivity index (χ1v) is 9.14. The third kappa shape index (κ3) is 3.11. The third-order valence-corrected chi connectivity index (χ3v) is 5.74. The molecule has 0 N–H and O–H groups in total. The van der Waals surface area contributed by atoms with E-state index in [0.717, 1.165) is 43.1 Å². The summed E-state index contributed by atoms with van der Waals surface area (Å²) in [5, 5.41) is 12.9. The van der Waals surface area contributed by atoms with Crippen molar-refractivity contribution in [2.75, 3.05) is 18.1 Å². The minimum Gasteiger partial charge on any atom is -0.329 e. The van der Waals surface area contributed by atoms with Crippen molar-refractivity contribution >= 4 is 29.4 Å². The van der Waals surface area contributed by atoms with Crippen molar-refractivity contribution in [1.29, 1.82) is 0 Å². The monoisotopic (exact) mass is 313 g/mol. The molecule has 3 rings (SSSR count). The quantitative estimate of drug-likeness (QED) is 0.746. The van der Waals surface area contributed by atoms with Crippen LogP contribution < -0.4 is 0 Å². The lowest BCUT2D eigenvalue weighted by atomic mass is 10.3. The Balaban J connectivity index is 1.54. The first kappa shape index (κ1) is 14.2. The molecule has 0 aromatic carbocycles. The van der Waals surface area contributed by atoms with Gasteiger partial charge in [-0.3, -0.25) is 4.79 Å². The molecule has 0 spiro atoms. The van der Waals surface area contributed by atoms with Crippen molar-refractivity contribution < 1.29 is 4.79 Å². The number of amides is 1. The first-order chi connectivity index (χ1) is 9.79. The van der Waals surface area contributed by atoms with Gasteiger partial charge in [-0.2, -0.15) is 0 Å². The maximum Gasteiger partial charge on any atom is 0.233 e. The highest BCUT2D eigenvalue weighted by Crippen LogP contribution is 2.36. The van der Waals surface area contributed by atoms with Crippen LogP contribution in [0.2, 0.25) is 0 Å². The summed E-state index contributed by atoms with van der Waals surface area (Å²) in [4.78, 5) is 14.4. The Morgan fingerprint density at radius 1 is 1.50 bits per heavy atom. The molecule has 0 bridgehead atoms. The topological polar surface area (TPSA) is 63.9 Å². The minimum absolute atomic E-state index is 0.212. The smallest absolute Gasteiger partial charge is 0.233 e. The molecule has 1 amide bonds. The largest absolute Gasteiger partial charge is 0.329 e. The lowest BCUT2D eigenvalue weighted by Crippen LogP contribution is -2.36. The molecule has 2 fully saturated rings. The van der Waals surface area contributed by atoms with Gasteiger partial charge in [0, 0.05) is 12.3 Å². The molecule has 0 radical (unpaired) electrons. The Morgan fingerprint density at radius 2 is 2.35 bits per heavy atom. The predicted molar refractivity (Wildman–Crippen MR) is 79.7 cm³/mol. The van der Waals surface area contributed by atoms with E-state index in [0.29, 0.717) is 17.2 Å². The molecular weight excluding hydrogens is 294 g/mol. The van der Waals surface area contributed by atoms with E-state index in [-0.39, 0.29) is 5.91 Å². The first-order valence-electron chi connectivity index (χ1n) is 7.11. The van der Waals surface area contributed by atoms with E-state index in [9.17, 15) is 4.79 Å². The molecule has 1 saturated carbocycles. The fourth-order valence-electron chi connectivity index (χ4n) is 2.33. The Labute approximate surface area is 127 Å². The second-order valence-electron chi connectivity index (χ2n) is 5.13. The normalized spacial score (nSPS) is 22.4. The van der Waals surface area contributed by atoms with Crippen LogP contribution in [-0.4, -0.2) is 54.4 Å². The van der Waals surface area contributed by atoms with Crippen molar-refractivity contribution in [2.45, 2.75) is 49.2 Å². The molecule has 2 aliphatic rings. The van der Waals surface area contributed by atoms with Crippen molar-refractivity contribution in [3.63, 3.8) is 0 Å². The maximum absolute atomic E-state index is 12.3. The van der Waals surface area contributed by atoms with Crippen LogP contribution in [0, 0.1) is 0 Å². The van der Waals surface area contributed by atoms with Crippen LogP contribution in [0.25, 0.3) is 0 Å². The average Bonchev–Trinajstić information content (AvgIpc) is 3.00. The van der Waals surface area contributed by atoms with E-state index in [1.165, 1.54) is 11.8 Å². The summed E-state index contributed by atoms with van der Waals surface area (Å²) >= 11 is 3.36. The number of carbonyl (C=O) groups is 1. The number of carbonyl (C=O) groups excluding carboxylic acids is 1. The van der Waals surface area contributed by atoms with Gasteiger partial charge in [0.25, 0.3) is 0 Å². The van der Waals surface area contributed by atoms with Gasteiger partial charge in [-0.15, -0.1) is 16.9 Å². The summed E-state index contributed by atoms with van der Waals surface area (Å²) < 4.78 is 1.86. The molecule has 8 heteroatoms. The molecule has 6 nitrogen and oxygen atoms in total. The SMILES string of the molecule is CCC[C@@H]1SCCN1C(=O)CSc1nnnn1C1CC1. The zero-order chi connectivity index (χ0) is 13.9. The summed E-state index contributed by atoms with van der Waals surface area (Å²) in [6.45, 7) is 3.04. The molecule has 110 valence electrons. The molecule has 1 aliphatic carbocycles. The number of tetrazole rings is 1. The predicted octanol–water partition coefficient (Wildman–Crippen LogP) is 1.80. The van der Waals surface area contributed by atoms with E-state index in [2.05, 4.69) is 22.4 Å². The zero-order valence-corrected chi connectivity index (χ0v) is 13.2. The summed E-state index contributed by atoms with van der Waals surface area (Å²) in [5.41, 5.74) is 0. The highest BCUT2D eigenvalue weighted by atomic mass is 32.2. The van der Waals surface area contributed by atoms with Crippen LogP contribution in [0.15, 0.2) is 5.16 Å². The Morgan fingerprint density at radius 3 is 3.10 bits per heavy atom. The van der Waals surface area contributed by atoms with Gasteiger partial charge in [0.1, 0.15) is 0 Å². The van der Waals surface area contributed by atoms with E-state index in [4.69, 9.17) is 0 Å². The van der Waals surface area contributed by atoms with Gasteiger partial charge < -0.3 is 4.90 Å². The molecule has 0 unspecified atom stereocenters. The number of hydrogen-bond acceptors (Lipinski definition) is 6.